The molecule has 0 aromatic carbocycles. The minimum atomic E-state index is 0.364. The summed E-state index contributed by atoms with van der Waals surface area (Å²) in [5.74, 6) is 0. The molecule has 0 saturated heterocycles. The summed E-state index contributed by atoms with van der Waals surface area (Å²) >= 11 is 0. The van der Waals surface area contributed by atoms with Crippen molar-refractivity contribution in [2.45, 2.75) is 52.0 Å². The van der Waals surface area contributed by atoms with Gasteiger partial charge in [-0.15, -0.1) is 0 Å². The highest BCUT2D eigenvalue weighted by Gasteiger charge is 2.16. The zero-order valence-corrected chi connectivity index (χ0v) is 11.8. The van der Waals surface area contributed by atoms with E-state index in [0.29, 0.717) is 6.04 Å². The van der Waals surface area contributed by atoms with E-state index in [4.69, 9.17) is 0 Å². The lowest BCUT2D eigenvalue weighted by molar-refractivity contribution is 0.627. The number of rotatable bonds is 3. The van der Waals surface area contributed by atoms with Gasteiger partial charge < -0.3 is 5.32 Å². The maximum absolute atomic E-state index is 4.47. The average Bonchev–Trinajstić information content (AvgIpc) is 2.58. The third-order valence-corrected chi connectivity index (χ3v) is 3.67. The molecule has 0 bridgehead atoms. The van der Waals surface area contributed by atoms with Crippen molar-refractivity contribution in [3.8, 4) is 0 Å². The van der Waals surface area contributed by atoms with Gasteiger partial charge in [0, 0.05) is 11.4 Å². The Kier molecular flexibility index (Phi) is 4.54. The van der Waals surface area contributed by atoms with Gasteiger partial charge in [0.1, 0.15) is 0 Å². The van der Waals surface area contributed by atoms with Crippen LogP contribution in [0, 0.1) is 13.8 Å². The Hall–Kier alpha value is -1.15. The lowest BCUT2D eigenvalue weighted by Gasteiger charge is -2.21. The third kappa shape index (κ3) is 3.20. The molecule has 2 nitrogen and oxygen atoms in total. The minimum Gasteiger partial charge on any atom is -0.310 e. The molecule has 18 heavy (non-hydrogen) atoms. The molecule has 0 spiro atoms. The van der Waals surface area contributed by atoms with Gasteiger partial charge in [-0.1, -0.05) is 18.1 Å². The van der Waals surface area contributed by atoms with Gasteiger partial charge in [0.05, 0.1) is 6.04 Å². The van der Waals surface area contributed by atoms with E-state index in [-0.39, 0.29) is 0 Å². The normalized spacial score (nSPS) is 18.1. The van der Waals surface area contributed by atoms with Gasteiger partial charge in [-0.25, -0.2) is 0 Å². The molecule has 0 fully saturated rings. The number of hydrogen-bond donors (Lipinski definition) is 1. The topological polar surface area (TPSA) is 24.9 Å². The molecule has 1 aliphatic rings. The molecule has 1 aromatic rings. The second-order valence-corrected chi connectivity index (χ2v) is 5.28. The van der Waals surface area contributed by atoms with Crippen molar-refractivity contribution in [3.63, 3.8) is 0 Å². The predicted octanol–water partition coefficient (Wildman–Crippen LogP) is 3.85. The highest BCUT2D eigenvalue weighted by molar-refractivity contribution is 5.31. The van der Waals surface area contributed by atoms with Crippen molar-refractivity contribution in [1.82, 2.24) is 10.3 Å². The molecule has 1 heterocycles. The van der Waals surface area contributed by atoms with Gasteiger partial charge in [0.15, 0.2) is 0 Å². The van der Waals surface area contributed by atoms with E-state index >= 15 is 0 Å². The average molecular weight is 244 g/mol. The molecule has 1 unspecified atom stereocenters. The fourth-order valence-corrected chi connectivity index (χ4v) is 2.90. The molecular weight excluding hydrogens is 220 g/mol. The van der Waals surface area contributed by atoms with E-state index in [1.165, 1.54) is 37.7 Å². The van der Waals surface area contributed by atoms with Crippen LogP contribution in [0.1, 0.15) is 55.1 Å². The molecule has 1 atom stereocenters. The van der Waals surface area contributed by atoms with Crippen LogP contribution in [0.15, 0.2) is 23.8 Å². The van der Waals surface area contributed by atoms with Crippen molar-refractivity contribution in [2.24, 2.45) is 0 Å². The smallest absolute Gasteiger partial charge is 0.0534 e. The molecule has 2 heteroatoms. The Morgan fingerprint density at radius 3 is 2.50 bits per heavy atom. The van der Waals surface area contributed by atoms with Gasteiger partial charge in [-0.05, 0) is 64.3 Å². The first-order valence-electron chi connectivity index (χ1n) is 7.02. The van der Waals surface area contributed by atoms with E-state index in [0.717, 1.165) is 11.4 Å². The molecule has 0 aliphatic heterocycles. The van der Waals surface area contributed by atoms with E-state index in [1.54, 1.807) is 5.57 Å². The second-order valence-electron chi connectivity index (χ2n) is 5.28. The van der Waals surface area contributed by atoms with Crippen LogP contribution in [0.4, 0.5) is 0 Å². The van der Waals surface area contributed by atoms with Gasteiger partial charge >= 0.3 is 0 Å². The quantitative estimate of drug-likeness (QED) is 0.817. The Labute approximate surface area is 111 Å². The summed E-state index contributed by atoms with van der Waals surface area (Å²) in [7, 11) is 2.06. The van der Waals surface area contributed by atoms with Gasteiger partial charge in [0.25, 0.3) is 0 Å². The molecule has 1 N–H and O–H groups in total. The van der Waals surface area contributed by atoms with Crippen LogP contribution < -0.4 is 5.32 Å². The summed E-state index contributed by atoms with van der Waals surface area (Å²) in [6, 6.07) is 4.78. The fourth-order valence-electron chi connectivity index (χ4n) is 2.90. The summed E-state index contributed by atoms with van der Waals surface area (Å²) in [6.45, 7) is 4.15. The van der Waals surface area contributed by atoms with E-state index in [1.807, 2.05) is 0 Å². The highest BCUT2D eigenvalue weighted by atomic mass is 14.9. The highest BCUT2D eigenvalue weighted by Crippen LogP contribution is 2.29. The monoisotopic (exact) mass is 244 g/mol. The zero-order chi connectivity index (χ0) is 13.0. The third-order valence-electron chi connectivity index (χ3n) is 3.67. The molecule has 1 aromatic heterocycles. The van der Waals surface area contributed by atoms with Crippen molar-refractivity contribution < 1.29 is 0 Å². The lowest BCUT2D eigenvalue weighted by Crippen LogP contribution is -2.19. The predicted molar refractivity (Wildman–Crippen MR) is 76.7 cm³/mol. The number of aryl methyl sites for hydroxylation is 2. The van der Waals surface area contributed by atoms with Gasteiger partial charge in [-0.3, -0.25) is 4.98 Å². The van der Waals surface area contributed by atoms with Crippen LogP contribution in [-0.2, 0) is 0 Å². The Bertz CT molecular complexity index is 414. The van der Waals surface area contributed by atoms with E-state index in [9.17, 15) is 0 Å². The summed E-state index contributed by atoms with van der Waals surface area (Å²) in [6.07, 6.45) is 8.94. The summed E-state index contributed by atoms with van der Waals surface area (Å²) in [4.78, 5) is 4.47. The van der Waals surface area contributed by atoms with Crippen molar-refractivity contribution in [1.29, 1.82) is 0 Å². The zero-order valence-electron chi connectivity index (χ0n) is 11.8. The molecule has 0 saturated carbocycles. The molecule has 0 amide bonds. The maximum Gasteiger partial charge on any atom is 0.0534 e. The number of likely N-dealkylation sites (N-methyl/N-ethyl adjacent to an activating group) is 1. The van der Waals surface area contributed by atoms with Crippen LogP contribution in [0.25, 0.3) is 0 Å². The Morgan fingerprint density at radius 1 is 1.11 bits per heavy atom. The van der Waals surface area contributed by atoms with Gasteiger partial charge in [-0.2, -0.15) is 0 Å². The summed E-state index contributed by atoms with van der Waals surface area (Å²) in [5, 5.41) is 3.47. The number of nitrogens with one attached hydrogen (secondary N) is 1. The lowest BCUT2D eigenvalue weighted by atomic mass is 9.95. The standard InChI is InChI=1S/C16H24N2/c1-12-10-15(11-13(2)18-12)16(17-3)14-8-6-4-5-7-9-14/h8,10-11,16-17H,4-7,9H2,1-3H3. The van der Waals surface area contributed by atoms with Crippen molar-refractivity contribution in [3.05, 3.63) is 40.7 Å². The van der Waals surface area contributed by atoms with Crippen LogP contribution in [0.3, 0.4) is 0 Å². The van der Waals surface area contributed by atoms with E-state index < -0.39 is 0 Å². The largest absolute Gasteiger partial charge is 0.310 e. The summed E-state index contributed by atoms with van der Waals surface area (Å²) in [5.41, 5.74) is 5.13. The van der Waals surface area contributed by atoms with Crippen molar-refractivity contribution in [2.75, 3.05) is 7.05 Å². The Balaban J connectivity index is 2.29. The minimum absolute atomic E-state index is 0.364. The first-order valence-corrected chi connectivity index (χ1v) is 7.02. The van der Waals surface area contributed by atoms with Crippen LogP contribution >= 0.6 is 0 Å². The number of hydrogen-bond acceptors (Lipinski definition) is 2. The summed E-state index contributed by atoms with van der Waals surface area (Å²) < 4.78 is 0. The van der Waals surface area contributed by atoms with Gasteiger partial charge in [0.2, 0.25) is 0 Å². The first kappa shape index (κ1) is 13.3. The fraction of sp³-hybridized carbons (Fsp3) is 0.562. The van der Waals surface area contributed by atoms with E-state index in [2.05, 4.69) is 49.4 Å². The van der Waals surface area contributed by atoms with Crippen molar-refractivity contribution >= 4 is 0 Å². The molecule has 98 valence electrons. The molecular formula is C16H24N2. The SMILES string of the molecule is CNC(C1=CCCCCC1)c1cc(C)nc(C)c1. The first-order chi connectivity index (χ1) is 8.70. The molecule has 0 radical (unpaired) electrons. The van der Waals surface area contributed by atoms with Crippen LogP contribution in [0.2, 0.25) is 0 Å². The number of aromatic nitrogens is 1. The van der Waals surface area contributed by atoms with Crippen LogP contribution in [0.5, 0.6) is 0 Å². The number of nitrogens with zero attached hydrogens (tertiary/aromatic N) is 1. The number of allylic oxidation sites excluding steroid dienone is 1. The molecule has 2 rings (SSSR count). The Morgan fingerprint density at radius 2 is 1.83 bits per heavy atom. The molecule has 1 aliphatic carbocycles. The number of pyridine rings is 1. The second kappa shape index (κ2) is 6.14. The maximum atomic E-state index is 4.47. The van der Waals surface area contributed by atoms with Crippen LogP contribution in [-0.4, -0.2) is 12.0 Å².